The molecule has 4 rings (SSSR count). The van der Waals surface area contributed by atoms with Crippen LogP contribution in [0.3, 0.4) is 0 Å². The van der Waals surface area contributed by atoms with Crippen LogP contribution in [-0.4, -0.2) is 223 Å². The lowest BCUT2D eigenvalue weighted by atomic mass is 9.81. The number of rotatable bonds is 27. The van der Waals surface area contributed by atoms with Crippen LogP contribution in [0, 0.1) is 11.8 Å². The van der Waals surface area contributed by atoms with E-state index in [1.807, 2.05) is 112 Å². The number of unbranched alkanes of at least 4 members (excludes halogenated alkanes) is 1. The maximum atomic E-state index is 14.3. The summed E-state index contributed by atoms with van der Waals surface area (Å²) in [5, 5.41) is 15.9. The van der Waals surface area contributed by atoms with Gasteiger partial charge in [0.25, 0.3) is 0 Å². The molecule has 0 bridgehead atoms. The predicted octanol–water partition coefficient (Wildman–Crippen LogP) is 7.16. The number of fused-ring (bicyclic) bond motifs is 1. The van der Waals surface area contributed by atoms with Gasteiger partial charge in [0.05, 0.1) is 27.5 Å². The van der Waals surface area contributed by atoms with Crippen molar-refractivity contribution >= 4 is 70.3 Å². The molecule has 1 saturated heterocycles. The zero-order valence-electron chi connectivity index (χ0n) is 63.1. The van der Waals surface area contributed by atoms with Crippen molar-refractivity contribution in [1.82, 2.24) is 46.2 Å². The molecule has 1 heterocycles. The van der Waals surface area contributed by atoms with Crippen LogP contribution < -0.4 is 26.6 Å². The molecule has 5 N–H and O–H groups in total. The van der Waals surface area contributed by atoms with Gasteiger partial charge in [-0.2, -0.15) is 0 Å². The summed E-state index contributed by atoms with van der Waals surface area (Å²) in [6, 6.07) is 6.98. The van der Waals surface area contributed by atoms with Gasteiger partial charge in [-0.15, -0.1) is 0 Å². The van der Waals surface area contributed by atoms with E-state index in [0.29, 0.717) is 108 Å². The Kier molecular flexibility index (Phi) is 31.7. The number of nitrogens with one attached hydrogen (secondary N) is 5. The van der Waals surface area contributed by atoms with Crippen molar-refractivity contribution in [3.05, 3.63) is 48.0 Å². The summed E-state index contributed by atoms with van der Waals surface area (Å²) >= 11 is 0. The number of esters is 6. The molecule has 98 heavy (non-hydrogen) atoms. The van der Waals surface area contributed by atoms with Gasteiger partial charge in [-0.05, 0) is 198 Å². The largest absolute Gasteiger partial charge is 0.460 e. The Morgan fingerprint density at radius 1 is 0.459 bits per heavy atom. The van der Waals surface area contributed by atoms with Gasteiger partial charge in [0, 0.05) is 84.2 Å². The minimum atomic E-state index is -1.27. The SMILES string of the molecule is [3H]c1c(C[C@H](NC(=O)C2CCC(CNC(=O)CN3CCN(CC(=O)OC(C)(C)C)CCN(CC(=O)OC(C)(C)C)CCN(CC(=O)OC(C)(C)C)CC3)CC2)C(=O)NCCCC[C@H](NC(=O)N[C@@H](CCC(=O)OC(C)(C)C)C(=O)OC(C)(C)C)C(=O)OC(C)(C)C)ccc2ccccc12. The van der Waals surface area contributed by atoms with E-state index in [0.717, 1.165) is 5.39 Å². The fourth-order valence-corrected chi connectivity index (χ4v) is 11.1. The van der Waals surface area contributed by atoms with Gasteiger partial charge in [-0.3, -0.25) is 53.2 Å². The zero-order chi connectivity index (χ0) is 74.3. The Morgan fingerprint density at radius 2 is 0.867 bits per heavy atom. The molecule has 1 saturated carbocycles. The summed E-state index contributed by atoms with van der Waals surface area (Å²) in [6.07, 6.45) is 2.67. The topological polar surface area (TPSA) is 299 Å². The van der Waals surface area contributed by atoms with Gasteiger partial charge in [0.1, 0.15) is 51.7 Å². The van der Waals surface area contributed by atoms with E-state index < -0.39 is 105 Å². The minimum Gasteiger partial charge on any atom is -0.460 e. The number of urea groups is 1. The lowest BCUT2D eigenvalue weighted by molar-refractivity contribution is -0.159. The standard InChI is InChI=1S/C73H119N9O16/c1-68(2,3)93-59(84)33-32-56(66(91)98-73(16,17)18)78-67(92)77-55(65(90)97-72(13,14)15)25-21-22-34-74-64(89)57(44-51-28-29-52-23-19-20-24-54(52)43-51)76-63(88)53-30-26-50(27-31-53)45-75-58(83)46-79-35-37-80(47-60(85)94-69(4,5)6)39-41-82(49-62(87)96-71(10,11)12)42-40-81(38-36-79)48-61(86)95-70(7,8)9/h19-20,23-24,28-29,43,50,53,55-57H,21-22,25-27,30-42,44-49H2,1-18H3,(H,74,89)(H,75,83)(H,76,88)(H2,77,78,92)/t50?,53?,55-,56-,57-/m0/s1/i43T. The van der Waals surface area contributed by atoms with Crippen LogP contribution in [0.25, 0.3) is 10.8 Å². The third-order valence-electron chi connectivity index (χ3n) is 15.5. The van der Waals surface area contributed by atoms with Crippen LogP contribution in [-0.2, 0) is 78.0 Å². The van der Waals surface area contributed by atoms with Crippen LogP contribution in [0.1, 0.15) is 189 Å². The predicted molar refractivity (Wildman–Crippen MR) is 374 cm³/mol. The first-order chi connectivity index (χ1) is 45.8. The molecular weight excluding hydrogens is 1260 g/mol. The van der Waals surface area contributed by atoms with Gasteiger partial charge in [-0.1, -0.05) is 42.4 Å². The van der Waals surface area contributed by atoms with E-state index in [9.17, 15) is 47.9 Å². The molecule has 1 aliphatic heterocycles. The van der Waals surface area contributed by atoms with Crippen molar-refractivity contribution < 1.29 is 77.7 Å². The molecule has 2 aromatic carbocycles. The molecule has 1 aliphatic carbocycles. The Hall–Kier alpha value is -6.96. The summed E-state index contributed by atoms with van der Waals surface area (Å²) in [5.74, 6) is -4.63. The molecule has 0 aromatic heterocycles. The summed E-state index contributed by atoms with van der Waals surface area (Å²) in [4.78, 5) is 143. The average Bonchev–Trinajstić information content (AvgIpc) is 0.809. The van der Waals surface area contributed by atoms with Gasteiger partial charge >= 0.3 is 41.8 Å². The molecule has 25 nitrogen and oxygen atoms in total. The highest BCUT2D eigenvalue weighted by Crippen LogP contribution is 2.29. The van der Waals surface area contributed by atoms with E-state index in [4.69, 9.17) is 29.8 Å². The van der Waals surface area contributed by atoms with Crippen molar-refractivity contribution in [3.63, 3.8) is 0 Å². The second-order valence-corrected chi connectivity index (χ2v) is 31.9. The van der Waals surface area contributed by atoms with E-state index in [1.54, 1.807) is 68.4 Å². The van der Waals surface area contributed by atoms with Crippen molar-refractivity contribution in [2.24, 2.45) is 11.8 Å². The molecule has 2 aliphatic rings. The molecule has 2 aromatic rings. The molecule has 3 atom stereocenters. The smallest absolute Gasteiger partial charge is 0.329 e. The second kappa shape index (κ2) is 38.0. The molecule has 0 spiro atoms. The minimum absolute atomic E-state index is 0.00439. The lowest BCUT2D eigenvalue weighted by Gasteiger charge is -2.34. The first-order valence-corrected chi connectivity index (χ1v) is 34.9. The number of benzene rings is 2. The fraction of sp³-hybridized carbons (Fsp3) is 0.726. The van der Waals surface area contributed by atoms with Crippen molar-refractivity contribution in [3.8, 4) is 0 Å². The van der Waals surface area contributed by atoms with Crippen molar-refractivity contribution in [2.45, 2.75) is 241 Å². The maximum absolute atomic E-state index is 14.3. The average molecular weight is 1380 g/mol. The highest BCUT2D eigenvalue weighted by Gasteiger charge is 2.34. The van der Waals surface area contributed by atoms with Crippen molar-refractivity contribution in [2.75, 3.05) is 91.6 Å². The van der Waals surface area contributed by atoms with E-state index in [1.165, 1.54) is 0 Å². The monoisotopic (exact) mass is 1380 g/mol. The van der Waals surface area contributed by atoms with E-state index >= 15 is 0 Å². The Bertz CT molecular complexity index is 2980. The molecule has 552 valence electrons. The van der Waals surface area contributed by atoms with Crippen LogP contribution in [0.5, 0.6) is 0 Å². The third-order valence-corrected chi connectivity index (χ3v) is 15.5. The number of hydrogen-bond donors (Lipinski definition) is 5. The summed E-state index contributed by atoms with van der Waals surface area (Å²) in [6.45, 7) is 35.2. The summed E-state index contributed by atoms with van der Waals surface area (Å²) < 4.78 is 42.8. The first-order valence-electron chi connectivity index (χ1n) is 35.4. The molecule has 5 amide bonds. The summed E-state index contributed by atoms with van der Waals surface area (Å²) in [7, 11) is 0. The number of amides is 5. The Morgan fingerprint density at radius 3 is 1.31 bits per heavy atom. The quantitative estimate of drug-likeness (QED) is 0.0336. The Labute approximate surface area is 584 Å². The number of carbonyl (C=O) groups is 10. The van der Waals surface area contributed by atoms with Gasteiger partial charge in [0.2, 0.25) is 17.7 Å². The number of hydrogen-bond acceptors (Lipinski definition) is 20. The van der Waals surface area contributed by atoms with Gasteiger partial charge in [-0.25, -0.2) is 14.4 Å². The van der Waals surface area contributed by atoms with Crippen LogP contribution in [0.2, 0.25) is 0 Å². The van der Waals surface area contributed by atoms with Gasteiger partial charge < -0.3 is 55.0 Å². The van der Waals surface area contributed by atoms with Gasteiger partial charge in [0.15, 0.2) is 0 Å². The maximum Gasteiger partial charge on any atom is 0.329 e. The molecule has 25 heteroatoms. The van der Waals surface area contributed by atoms with Crippen LogP contribution >= 0.6 is 0 Å². The lowest BCUT2D eigenvalue weighted by Crippen LogP contribution is -2.53. The van der Waals surface area contributed by atoms with E-state index in [-0.39, 0.29) is 82.2 Å². The van der Waals surface area contributed by atoms with Crippen LogP contribution in [0.4, 0.5) is 4.79 Å². The normalized spacial score (nSPS) is 18.2. The zero-order valence-corrected chi connectivity index (χ0v) is 62.1. The highest BCUT2D eigenvalue weighted by atomic mass is 16.6. The Balaban J connectivity index is 1.43. The number of ether oxygens (including phenoxy) is 6. The van der Waals surface area contributed by atoms with E-state index in [2.05, 4.69) is 26.6 Å². The van der Waals surface area contributed by atoms with Crippen LogP contribution in [0.15, 0.2) is 42.4 Å². The molecule has 0 radical (unpaired) electrons. The molecular formula is C73H119N9O16. The fourth-order valence-electron chi connectivity index (χ4n) is 11.1. The molecule has 0 unspecified atom stereocenters. The third kappa shape index (κ3) is 35.7. The number of carbonyl (C=O) groups excluding carboxylic acids is 10. The second-order valence-electron chi connectivity index (χ2n) is 31.9. The highest BCUT2D eigenvalue weighted by molar-refractivity contribution is 5.90. The number of nitrogens with zero attached hydrogens (tertiary/aromatic N) is 4. The molecule has 2 fully saturated rings. The first kappa shape index (κ1) is 81.7. The summed E-state index contributed by atoms with van der Waals surface area (Å²) in [5.41, 5.74) is -4.16. The van der Waals surface area contributed by atoms with Crippen molar-refractivity contribution in [1.29, 1.82) is 0 Å².